The second kappa shape index (κ2) is 3.79. The third kappa shape index (κ3) is 2.23. The third-order valence-electron chi connectivity index (χ3n) is 2.89. The molecule has 2 heteroatoms. The Hall–Kier alpha value is -0.0300. The molecule has 2 atom stereocenters. The summed E-state index contributed by atoms with van der Waals surface area (Å²) in [4.78, 5) is 0. The average Bonchev–Trinajstić information content (AvgIpc) is 2.78. The summed E-state index contributed by atoms with van der Waals surface area (Å²) in [5.41, 5.74) is 8.14. The number of rotatable bonds is 0. The van der Waals surface area contributed by atoms with Gasteiger partial charge in [-0.3, -0.25) is 0 Å². The van der Waals surface area contributed by atoms with Crippen LogP contribution in [-0.4, -0.2) is 18.0 Å². The third-order valence-corrected chi connectivity index (χ3v) is 5.69. The summed E-state index contributed by atoms with van der Waals surface area (Å²) in [6.07, 6.45) is 11.9. The van der Waals surface area contributed by atoms with Gasteiger partial charge in [0.1, 0.15) is 0 Å². The molecule has 12 heavy (non-hydrogen) atoms. The number of fused-ring (bicyclic) bond motifs is 1. The van der Waals surface area contributed by atoms with Crippen LogP contribution in [0.4, 0.5) is 0 Å². The largest absolute Gasteiger partial charge is 0.402 e. The first kappa shape index (κ1) is 8.56. The molecule has 0 spiro atoms. The highest BCUT2D eigenvalue weighted by atomic mass is 31.1. The summed E-state index contributed by atoms with van der Waals surface area (Å²) in [6, 6.07) is 0. The van der Waals surface area contributed by atoms with Crippen LogP contribution >= 0.6 is 7.92 Å². The summed E-state index contributed by atoms with van der Waals surface area (Å²) in [5.74, 6) is 0. The smallest absolute Gasteiger partial charge is 0.00399 e. The minimum absolute atomic E-state index is 0.518. The van der Waals surface area contributed by atoms with Crippen LogP contribution in [0.1, 0.15) is 32.1 Å². The molecule has 1 saturated heterocycles. The number of hydrogen-bond donors (Lipinski definition) is 1. The van der Waals surface area contributed by atoms with E-state index in [0.29, 0.717) is 7.92 Å². The second-order valence-corrected chi connectivity index (χ2v) is 6.68. The summed E-state index contributed by atoms with van der Waals surface area (Å²) in [5, 5.41) is 0. The van der Waals surface area contributed by atoms with E-state index in [4.69, 9.17) is 5.73 Å². The van der Waals surface area contributed by atoms with Crippen molar-refractivity contribution in [3.05, 3.63) is 11.8 Å². The lowest BCUT2D eigenvalue weighted by Gasteiger charge is -2.05. The molecule has 1 nitrogen and oxygen atoms in total. The van der Waals surface area contributed by atoms with E-state index < -0.39 is 0 Å². The van der Waals surface area contributed by atoms with E-state index in [0.717, 1.165) is 17.8 Å². The Morgan fingerprint density at radius 1 is 1.42 bits per heavy atom. The van der Waals surface area contributed by atoms with Gasteiger partial charge >= 0.3 is 0 Å². The predicted octanol–water partition coefficient (Wildman–Crippen LogP) is 2.66. The van der Waals surface area contributed by atoms with Gasteiger partial charge in [0.15, 0.2) is 0 Å². The minimum Gasteiger partial charge on any atom is -0.402 e. The van der Waals surface area contributed by atoms with Crippen LogP contribution in [0.25, 0.3) is 0 Å². The lowest BCUT2D eigenvalue weighted by atomic mass is 10.1. The zero-order chi connectivity index (χ0) is 8.39. The summed E-state index contributed by atoms with van der Waals surface area (Å²) in [7, 11) is 0.518. The lowest BCUT2D eigenvalue weighted by molar-refractivity contribution is 0.739. The van der Waals surface area contributed by atoms with E-state index in [9.17, 15) is 0 Å². The Bertz CT molecular complexity index is 188. The van der Waals surface area contributed by atoms with Gasteiger partial charge in [-0.2, -0.15) is 0 Å². The summed E-state index contributed by atoms with van der Waals surface area (Å²) >= 11 is 0. The summed E-state index contributed by atoms with van der Waals surface area (Å²) in [6.45, 7) is 0. The highest BCUT2D eigenvalue weighted by molar-refractivity contribution is 7.66. The van der Waals surface area contributed by atoms with Gasteiger partial charge in [-0.25, -0.2) is 0 Å². The van der Waals surface area contributed by atoms with Crippen molar-refractivity contribution in [1.29, 1.82) is 0 Å². The van der Waals surface area contributed by atoms with Gasteiger partial charge in [-0.1, -0.05) is 6.08 Å². The standard InChI is InChI=1S/C10H18NP/c11-9-4-1-2-7-12-8-10(12)6-3-5-9/h4,10H,1-3,5-8,11H2/b9-4+. The van der Waals surface area contributed by atoms with Gasteiger partial charge in [0.2, 0.25) is 0 Å². The van der Waals surface area contributed by atoms with Crippen LogP contribution in [0.5, 0.6) is 0 Å². The molecule has 0 aromatic heterocycles. The highest BCUT2D eigenvalue weighted by Crippen LogP contribution is 2.61. The molecule has 2 aliphatic rings. The Morgan fingerprint density at radius 3 is 3.25 bits per heavy atom. The quantitative estimate of drug-likeness (QED) is 0.574. The first-order valence-electron chi connectivity index (χ1n) is 5.05. The lowest BCUT2D eigenvalue weighted by Crippen LogP contribution is -1.99. The maximum atomic E-state index is 5.85. The van der Waals surface area contributed by atoms with E-state index in [1.54, 1.807) is 6.16 Å². The van der Waals surface area contributed by atoms with E-state index in [1.807, 2.05) is 0 Å². The average molecular weight is 183 g/mol. The van der Waals surface area contributed by atoms with Gasteiger partial charge in [0, 0.05) is 5.70 Å². The van der Waals surface area contributed by atoms with Crippen molar-refractivity contribution in [3.63, 3.8) is 0 Å². The van der Waals surface area contributed by atoms with Crippen molar-refractivity contribution in [2.75, 3.05) is 12.3 Å². The first-order valence-corrected chi connectivity index (χ1v) is 6.83. The number of allylic oxidation sites excluding steroid dienone is 2. The van der Waals surface area contributed by atoms with Crippen molar-refractivity contribution in [1.82, 2.24) is 0 Å². The highest BCUT2D eigenvalue weighted by Gasteiger charge is 2.34. The van der Waals surface area contributed by atoms with Gasteiger partial charge < -0.3 is 5.73 Å². The molecule has 2 heterocycles. The molecule has 0 amide bonds. The van der Waals surface area contributed by atoms with Crippen molar-refractivity contribution >= 4 is 7.92 Å². The Morgan fingerprint density at radius 2 is 2.33 bits per heavy atom. The molecule has 0 aromatic rings. The van der Waals surface area contributed by atoms with Crippen molar-refractivity contribution in [3.8, 4) is 0 Å². The molecular weight excluding hydrogens is 165 g/mol. The van der Waals surface area contributed by atoms with Crippen LogP contribution in [-0.2, 0) is 0 Å². The van der Waals surface area contributed by atoms with Crippen LogP contribution in [0.3, 0.4) is 0 Å². The minimum atomic E-state index is 0.518. The van der Waals surface area contributed by atoms with Crippen molar-refractivity contribution in [2.24, 2.45) is 5.73 Å². The molecule has 0 aliphatic carbocycles. The Balaban J connectivity index is 1.85. The zero-order valence-corrected chi connectivity index (χ0v) is 8.52. The van der Waals surface area contributed by atoms with Crippen molar-refractivity contribution < 1.29 is 0 Å². The molecule has 68 valence electrons. The molecule has 2 aliphatic heterocycles. The molecule has 2 unspecified atom stereocenters. The van der Waals surface area contributed by atoms with Crippen LogP contribution in [0, 0.1) is 0 Å². The molecule has 1 fully saturated rings. The van der Waals surface area contributed by atoms with Gasteiger partial charge in [-0.15, -0.1) is 7.92 Å². The van der Waals surface area contributed by atoms with E-state index in [-0.39, 0.29) is 0 Å². The van der Waals surface area contributed by atoms with E-state index >= 15 is 0 Å². The molecule has 0 radical (unpaired) electrons. The van der Waals surface area contributed by atoms with Gasteiger partial charge in [0.25, 0.3) is 0 Å². The molecule has 0 aromatic carbocycles. The fourth-order valence-corrected chi connectivity index (χ4v) is 4.66. The topological polar surface area (TPSA) is 26.0 Å². The first-order chi connectivity index (χ1) is 5.86. The van der Waals surface area contributed by atoms with Gasteiger partial charge in [0.05, 0.1) is 0 Å². The molecule has 0 bridgehead atoms. The molecular formula is C10H18NP. The Kier molecular flexibility index (Phi) is 2.70. The second-order valence-electron chi connectivity index (χ2n) is 3.96. The Labute approximate surface area is 76.2 Å². The van der Waals surface area contributed by atoms with E-state index in [2.05, 4.69) is 6.08 Å². The summed E-state index contributed by atoms with van der Waals surface area (Å²) < 4.78 is 0. The molecule has 2 rings (SSSR count). The normalized spacial score (nSPS) is 40.8. The number of nitrogens with two attached hydrogens (primary N) is 1. The fraction of sp³-hybridized carbons (Fsp3) is 0.800. The van der Waals surface area contributed by atoms with E-state index in [1.165, 1.54) is 31.8 Å². The van der Waals surface area contributed by atoms with Crippen LogP contribution < -0.4 is 5.73 Å². The maximum absolute atomic E-state index is 5.85. The number of hydrogen-bond acceptors (Lipinski definition) is 1. The monoisotopic (exact) mass is 183 g/mol. The van der Waals surface area contributed by atoms with Gasteiger partial charge in [-0.05, 0) is 50.1 Å². The maximum Gasteiger partial charge on any atom is 0.00399 e. The van der Waals surface area contributed by atoms with Crippen LogP contribution in [0.15, 0.2) is 11.8 Å². The molecule has 0 saturated carbocycles. The SMILES string of the molecule is N/C1=C/CCCP2CC2CCC1. The van der Waals surface area contributed by atoms with Crippen LogP contribution in [0.2, 0.25) is 0 Å². The fourth-order valence-electron chi connectivity index (χ4n) is 2.00. The molecule has 2 N–H and O–H groups in total. The zero-order valence-electron chi connectivity index (χ0n) is 7.63. The van der Waals surface area contributed by atoms with Crippen molar-refractivity contribution in [2.45, 2.75) is 37.8 Å². The predicted molar refractivity (Wildman–Crippen MR) is 55.8 cm³/mol.